The molecule has 1 aliphatic heterocycles. The Morgan fingerprint density at radius 2 is 1.60 bits per heavy atom. The molecule has 1 aromatic rings. The molecule has 248 valence electrons. The Kier molecular flexibility index (Phi) is 10.9. The Labute approximate surface area is 266 Å². The number of fused-ring (bicyclic) bond motifs is 1. The molecule has 5 N–H and O–H groups in total. The number of primary amides is 1. The predicted molar refractivity (Wildman–Crippen MR) is 170 cm³/mol. The highest BCUT2D eigenvalue weighted by atomic mass is 16.5. The van der Waals surface area contributed by atoms with Gasteiger partial charge in [0.1, 0.15) is 12.1 Å². The van der Waals surface area contributed by atoms with Gasteiger partial charge < -0.3 is 31.3 Å². The number of amides is 5. The van der Waals surface area contributed by atoms with Crippen LogP contribution in [0.3, 0.4) is 0 Å². The van der Waals surface area contributed by atoms with Crippen molar-refractivity contribution in [2.24, 2.45) is 34.8 Å². The number of carbonyl (C=O) groups is 5. The largest absolute Gasteiger partial charge is 0.383 e. The molecule has 0 bridgehead atoms. The van der Waals surface area contributed by atoms with E-state index in [-0.39, 0.29) is 41.0 Å². The monoisotopic (exact) mass is 625 g/mol. The highest BCUT2D eigenvalue weighted by molar-refractivity contribution is 6.37. The molecule has 0 spiro atoms. The number of nitrogens with one attached hydrogen (secondary N) is 3. The maximum absolute atomic E-state index is 14.6. The molecule has 5 amide bonds. The lowest BCUT2D eigenvalue weighted by Gasteiger charge is -2.35. The van der Waals surface area contributed by atoms with E-state index < -0.39 is 41.8 Å². The number of methoxy groups -OCH3 is 1. The molecule has 3 unspecified atom stereocenters. The first-order valence-electron chi connectivity index (χ1n) is 16.3. The van der Waals surface area contributed by atoms with E-state index in [1.165, 1.54) is 0 Å². The summed E-state index contributed by atoms with van der Waals surface area (Å²) < 4.78 is 5.36. The van der Waals surface area contributed by atoms with E-state index >= 15 is 0 Å². The lowest BCUT2D eigenvalue weighted by atomic mass is 9.87. The van der Waals surface area contributed by atoms with Crippen LogP contribution in [0.25, 0.3) is 0 Å². The van der Waals surface area contributed by atoms with E-state index in [1.54, 1.807) is 12.0 Å². The topological polar surface area (TPSA) is 160 Å². The molecule has 1 heterocycles. The summed E-state index contributed by atoms with van der Waals surface area (Å²) in [6.07, 6.45) is 4.04. The minimum Gasteiger partial charge on any atom is -0.383 e. The Balaban J connectivity index is 1.60. The van der Waals surface area contributed by atoms with Crippen LogP contribution in [0, 0.1) is 29.1 Å². The number of urea groups is 1. The summed E-state index contributed by atoms with van der Waals surface area (Å²) in [6.45, 7) is 10.7. The quantitative estimate of drug-likeness (QED) is 0.246. The van der Waals surface area contributed by atoms with Gasteiger partial charge in [0.15, 0.2) is 0 Å². The minimum absolute atomic E-state index is 0.0688. The molecule has 2 aliphatic carbocycles. The van der Waals surface area contributed by atoms with E-state index in [4.69, 9.17) is 10.5 Å². The molecular weight excluding hydrogens is 574 g/mol. The summed E-state index contributed by atoms with van der Waals surface area (Å²) in [7, 11) is 1.58. The number of Topliss-reactive ketones (excluding diaryl/α,β-unsaturated/α-hetero) is 1. The van der Waals surface area contributed by atoms with Gasteiger partial charge in [-0.25, -0.2) is 4.79 Å². The minimum atomic E-state index is -1.08. The van der Waals surface area contributed by atoms with E-state index in [1.807, 2.05) is 58.9 Å². The predicted octanol–water partition coefficient (Wildman–Crippen LogP) is 2.34. The first-order chi connectivity index (χ1) is 21.2. The molecule has 1 aromatic carbocycles. The summed E-state index contributed by atoms with van der Waals surface area (Å²) in [4.78, 5) is 68.1. The highest BCUT2D eigenvalue weighted by Crippen LogP contribution is 2.36. The van der Waals surface area contributed by atoms with Gasteiger partial charge in [-0.2, -0.15) is 0 Å². The summed E-state index contributed by atoms with van der Waals surface area (Å²) >= 11 is 0. The number of nitrogens with two attached hydrogens (primary N) is 1. The van der Waals surface area contributed by atoms with Crippen LogP contribution >= 0.6 is 0 Å². The third-order valence-corrected chi connectivity index (χ3v) is 9.79. The van der Waals surface area contributed by atoms with Crippen LogP contribution in [0.5, 0.6) is 0 Å². The zero-order valence-electron chi connectivity index (χ0n) is 27.6. The molecule has 0 radical (unpaired) electrons. The van der Waals surface area contributed by atoms with Crippen molar-refractivity contribution < 1.29 is 28.7 Å². The van der Waals surface area contributed by atoms with E-state index in [0.29, 0.717) is 38.8 Å². The second-order valence-electron chi connectivity index (χ2n) is 14.5. The molecule has 4 rings (SSSR count). The van der Waals surface area contributed by atoms with Gasteiger partial charge in [0.2, 0.25) is 17.6 Å². The zero-order chi connectivity index (χ0) is 33.1. The van der Waals surface area contributed by atoms with Crippen LogP contribution in [-0.4, -0.2) is 78.9 Å². The lowest BCUT2D eigenvalue weighted by molar-refractivity contribution is -0.143. The van der Waals surface area contributed by atoms with Gasteiger partial charge in [-0.05, 0) is 65.9 Å². The molecule has 2 fully saturated rings. The van der Waals surface area contributed by atoms with Gasteiger partial charge in [0.25, 0.3) is 5.91 Å². The van der Waals surface area contributed by atoms with Crippen molar-refractivity contribution in [1.29, 1.82) is 0 Å². The maximum atomic E-state index is 14.6. The van der Waals surface area contributed by atoms with Crippen LogP contribution in [-0.2, 0) is 36.8 Å². The van der Waals surface area contributed by atoms with Gasteiger partial charge in [0.05, 0.1) is 18.7 Å². The fraction of sp³-hybridized carbons (Fsp3) is 0.676. The highest BCUT2D eigenvalue weighted by Gasteiger charge is 2.48. The van der Waals surface area contributed by atoms with E-state index in [2.05, 4.69) is 16.0 Å². The average molecular weight is 626 g/mol. The lowest BCUT2D eigenvalue weighted by Crippen LogP contribution is -2.61. The number of carbonyl (C=O) groups excluding carboxylic acids is 5. The normalized spacial score (nSPS) is 22.0. The van der Waals surface area contributed by atoms with Crippen LogP contribution in [0.4, 0.5) is 4.79 Å². The summed E-state index contributed by atoms with van der Waals surface area (Å²) in [6, 6.07) is 4.48. The molecule has 11 heteroatoms. The summed E-state index contributed by atoms with van der Waals surface area (Å²) in [5.74, 6) is -2.75. The first-order valence-corrected chi connectivity index (χ1v) is 16.3. The molecule has 1 saturated carbocycles. The Bertz CT molecular complexity index is 1250. The van der Waals surface area contributed by atoms with Gasteiger partial charge in [-0.1, -0.05) is 71.7 Å². The number of ether oxygens (including phenoxy) is 1. The van der Waals surface area contributed by atoms with E-state index in [0.717, 1.165) is 24.0 Å². The maximum Gasteiger partial charge on any atom is 0.315 e. The molecule has 11 nitrogen and oxygen atoms in total. The molecule has 1 saturated heterocycles. The van der Waals surface area contributed by atoms with Crippen LogP contribution in [0.1, 0.15) is 71.4 Å². The second-order valence-corrected chi connectivity index (χ2v) is 14.5. The van der Waals surface area contributed by atoms with Crippen molar-refractivity contribution in [1.82, 2.24) is 20.9 Å². The SMILES string of the molecule is COC[C@@H](NC(=O)NC(C(=O)N1CC[C@H](C(C)C)C1C(=O)NC(CC1CC1)C(=O)C(N)=O)C1Cc2ccccc2C1)C(C)(C)C. The van der Waals surface area contributed by atoms with Crippen molar-refractivity contribution in [2.75, 3.05) is 20.3 Å². The fourth-order valence-corrected chi connectivity index (χ4v) is 6.85. The number of hydrogen-bond donors (Lipinski definition) is 4. The molecule has 0 aromatic heterocycles. The van der Waals surface area contributed by atoms with Crippen molar-refractivity contribution in [2.45, 2.75) is 97.3 Å². The Hall–Kier alpha value is -3.47. The number of likely N-dealkylation sites (tertiary alicyclic amines) is 1. The number of ketones is 1. The van der Waals surface area contributed by atoms with Crippen LogP contribution < -0.4 is 21.7 Å². The van der Waals surface area contributed by atoms with E-state index in [9.17, 15) is 24.0 Å². The molecule has 45 heavy (non-hydrogen) atoms. The molecular formula is C34H51N5O6. The zero-order valence-corrected chi connectivity index (χ0v) is 27.6. The number of benzene rings is 1. The average Bonchev–Trinajstić information content (AvgIpc) is 3.49. The smallest absolute Gasteiger partial charge is 0.315 e. The molecule has 3 aliphatic rings. The van der Waals surface area contributed by atoms with Crippen molar-refractivity contribution in [3.05, 3.63) is 35.4 Å². The number of nitrogens with zero attached hydrogens (tertiary/aromatic N) is 1. The third-order valence-electron chi connectivity index (χ3n) is 9.79. The van der Waals surface area contributed by atoms with Gasteiger partial charge in [-0.15, -0.1) is 0 Å². The van der Waals surface area contributed by atoms with Gasteiger partial charge >= 0.3 is 6.03 Å². The van der Waals surface area contributed by atoms with Crippen LogP contribution in [0.2, 0.25) is 0 Å². The Morgan fingerprint density at radius 3 is 2.11 bits per heavy atom. The standard InChI is InChI=1S/C34H51N5O6/c1-19(2)24-13-14-39(28(24)31(42)36-25(15-20-11-12-20)29(40)30(35)41)32(43)27(23-16-21-9-7-8-10-22(21)17-23)38-33(44)37-26(18-45-6)34(3,4)5/h7-10,19-20,23-28H,11-18H2,1-6H3,(H2,35,41)(H,36,42)(H2,37,38,44)/t24-,25?,26-,27?,28?/m1/s1. The third kappa shape index (κ3) is 8.42. The van der Waals surface area contributed by atoms with Gasteiger partial charge in [-0.3, -0.25) is 19.2 Å². The summed E-state index contributed by atoms with van der Waals surface area (Å²) in [5.41, 5.74) is 7.31. The fourth-order valence-electron chi connectivity index (χ4n) is 6.85. The first kappa shape index (κ1) is 34.4. The van der Waals surface area contributed by atoms with Crippen molar-refractivity contribution in [3.63, 3.8) is 0 Å². The summed E-state index contributed by atoms with van der Waals surface area (Å²) in [5, 5.41) is 8.81. The van der Waals surface area contributed by atoms with Gasteiger partial charge in [0, 0.05) is 13.7 Å². The number of rotatable bonds is 13. The van der Waals surface area contributed by atoms with Crippen molar-refractivity contribution >= 4 is 29.5 Å². The Morgan fingerprint density at radius 1 is 0.978 bits per heavy atom. The number of hydrogen-bond acceptors (Lipinski definition) is 6. The van der Waals surface area contributed by atoms with Crippen LogP contribution in [0.15, 0.2) is 24.3 Å². The molecule has 5 atom stereocenters. The van der Waals surface area contributed by atoms with Crippen molar-refractivity contribution in [3.8, 4) is 0 Å². The second kappa shape index (κ2) is 14.3.